The molecule has 1 aromatic heterocycles. The van der Waals surface area contributed by atoms with Gasteiger partial charge in [0, 0.05) is 12.1 Å². The van der Waals surface area contributed by atoms with Crippen LogP contribution in [0.15, 0.2) is 21.3 Å². The average molecular weight is 186 g/mol. The van der Waals surface area contributed by atoms with Crippen molar-refractivity contribution in [2.24, 2.45) is 0 Å². The second-order valence-corrected chi connectivity index (χ2v) is 2.73. The fourth-order valence-electron chi connectivity index (χ4n) is 1.00. The van der Waals surface area contributed by atoms with Crippen LogP contribution in [0.4, 0.5) is 0 Å². The summed E-state index contributed by atoms with van der Waals surface area (Å²) < 4.78 is 4.70. The summed E-state index contributed by atoms with van der Waals surface area (Å²) in [7, 11) is 0. The molecule has 0 saturated heterocycles. The Bertz CT molecular complexity index is 485. The van der Waals surface area contributed by atoms with E-state index in [2.05, 4.69) is 4.98 Å². The molecule has 0 unspecified atom stereocenters. The molecule has 0 aliphatic rings. The van der Waals surface area contributed by atoms with E-state index >= 15 is 0 Å². The van der Waals surface area contributed by atoms with E-state index in [9.17, 15) is 4.79 Å². The number of benzene rings is 1. The summed E-state index contributed by atoms with van der Waals surface area (Å²) in [5.74, 6) is -0.595. The number of rotatable bonds is 0. The van der Waals surface area contributed by atoms with Crippen molar-refractivity contribution in [1.82, 2.24) is 4.98 Å². The van der Waals surface area contributed by atoms with E-state index < -0.39 is 5.76 Å². The number of oxazole rings is 1. The summed E-state index contributed by atoms with van der Waals surface area (Å²) in [6, 6.07) is 2.67. The van der Waals surface area contributed by atoms with Crippen molar-refractivity contribution < 1.29 is 9.52 Å². The van der Waals surface area contributed by atoms with Crippen LogP contribution in [0, 0.1) is 0 Å². The molecule has 0 radical (unpaired) electrons. The maximum absolute atomic E-state index is 10.7. The number of hydrogen-bond donors (Lipinski definition) is 2. The monoisotopic (exact) mass is 185 g/mol. The molecule has 0 atom stereocenters. The lowest BCUT2D eigenvalue weighted by molar-refractivity contribution is 0.475. The van der Waals surface area contributed by atoms with Crippen molar-refractivity contribution in [2.45, 2.75) is 0 Å². The van der Waals surface area contributed by atoms with E-state index in [4.69, 9.17) is 21.1 Å². The molecular weight excluding hydrogens is 182 g/mol. The van der Waals surface area contributed by atoms with Gasteiger partial charge in [0.25, 0.3) is 0 Å². The van der Waals surface area contributed by atoms with Gasteiger partial charge in [0.15, 0.2) is 5.58 Å². The van der Waals surface area contributed by atoms with Gasteiger partial charge in [0.05, 0.1) is 10.5 Å². The Labute approximate surface area is 71.4 Å². The highest BCUT2D eigenvalue weighted by Gasteiger charge is 2.06. The van der Waals surface area contributed by atoms with Gasteiger partial charge in [0.2, 0.25) is 0 Å². The number of fused-ring (bicyclic) bond motifs is 1. The Balaban J connectivity index is 2.97. The standard InChI is InChI=1S/C7H4ClNO3/c8-4-1-3(10)2-5-6(4)12-7(11)9-5/h1-2,10H,(H,9,11). The zero-order valence-corrected chi connectivity index (χ0v) is 6.55. The van der Waals surface area contributed by atoms with Crippen LogP contribution in [0.1, 0.15) is 0 Å². The van der Waals surface area contributed by atoms with Crippen molar-refractivity contribution in [1.29, 1.82) is 0 Å². The third-order valence-electron chi connectivity index (χ3n) is 1.46. The molecular formula is C7H4ClNO3. The molecule has 0 amide bonds. The van der Waals surface area contributed by atoms with Crippen molar-refractivity contribution in [3.63, 3.8) is 0 Å². The molecule has 2 rings (SSSR count). The molecule has 2 N–H and O–H groups in total. The Kier molecular flexibility index (Phi) is 1.38. The fourth-order valence-corrected chi connectivity index (χ4v) is 1.26. The summed E-state index contributed by atoms with van der Waals surface area (Å²) >= 11 is 5.66. The van der Waals surface area contributed by atoms with E-state index in [0.29, 0.717) is 5.52 Å². The van der Waals surface area contributed by atoms with Crippen LogP contribution in [-0.4, -0.2) is 10.1 Å². The van der Waals surface area contributed by atoms with E-state index in [1.54, 1.807) is 0 Å². The molecule has 5 heteroatoms. The second kappa shape index (κ2) is 2.28. The minimum absolute atomic E-state index is 0.00968. The SMILES string of the molecule is O=c1[nH]c2cc(O)cc(Cl)c2o1. The van der Waals surface area contributed by atoms with Crippen LogP contribution in [0.5, 0.6) is 5.75 Å². The van der Waals surface area contributed by atoms with Gasteiger partial charge in [-0.05, 0) is 0 Å². The van der Waals surface area contributed by atoms with Gasteiger partial charge in [0.1, 0.15) is 5.75 Å². The van der Waals surface area contributed by atoms with Crippen LogP contribution in [0.3, 0.4) is 0 Å². The highest BCUT2D eigenvalue weighted by molar-refractivity contribution is 6.34. The van der Waals surface area contributed by atoms with Gasteiger partial charge in [-0.2, -0.15) is 0 Å². The second-order valence-electron chi connectivity index (χ2n) is 2.32. The van der Waals surface area contributed by atoms with Crippen LogP contribution < -0.4 is 5.76 Å². The highest BCUT2D eigenvalue weighted by Crippen LogP contribution is 2.25. The molecule has 0 spiro atoms. The first-order valence-corrected chi connectivity index (χ1v) is 3.56. The van der Waals surface area contributed by atoms with E-state index in [-0.39, 0.29) is 16.4 Å². The number of nitrogens with one attached hydrogen (secondary N) is 1. The quantitative estimate of drug-likeness (QED) is 0.653. The summed E-state index contributed by atoms with van der Waals surface area (Å²) in [6.45, 7) is 0. The van der Waals surface area contributed by atoms with Crippen LogP contribution >= 0.6 is 11.6 Å². The van der Waals surface area contributed by atoms with Crippen molar-refractivity contribution in [3.8, 4) is 5.75 Å². The predicted octanol–water partition coefficient (Wildman–Crippen LogP) is 1.48. The van der Waals surface area contributed by atoms with Gasteiger partial charge in [-0.1, -0.05) is 11.6 Å². The largest absolute Gasteiger partial charge is 0.508 e. The minimum atomic E-state index is -0.586. The summed E-state index contributed by atoms with van der Waals surface area (Å²) in [5.41, 5.74) is 0.657. The van der Waals surface area contributed by atoms with Crippen molar-refractivity contribution in [3.05, 3.63) is 27.7 Å². The van der Waals surface area contributed by atoms with E-state index in [1.165, 1.54) is 12.1 Å². The summed E-state index contributed by atoms with van der Waals surface area (Å²) in [6.07, 6.45) is 0. The smallest absolute Gasteiger partial charge is 0.417 e. The molecule has 0 bridgehead atoms. The number of aromatic amines is 1. The summed E-state index contributed by atoms with van der Waals surface area (Å²) in [4.78, 5) is 13.1. The van der Waals surface area contributed by atoms with Gasteiger partial charge >= 0.3 is 5.76 Å². The molecule has 12 heavy (non-hydrogen) atoms. The Morgan fingerprint density at radius 3 is 3.00 bits per heavy atom. The number of phenols is 1. The summed E-state index contributed by atoms with van der Waals surface area (Å²) in [5, 5.41) is 9.28. The van der Waals surface area contributed by atoms with Crippen LogP contribution in [0.2, 0.25) is 5.02 Å². The van der Waals surface area contributed by atoms with Crippen LogP contribution in [-0.2, 0) is 0 Å². The lowest BCUT2D eigenvalue weighted by atomic mass is 10.3. The molecule has 1 aromatic carbocycles. The van der Waals surface area contributed by atoms with E-state index in [0.717, 1.165) is 0 Å². The number of H-pyrrole nitrogens is 1. The number of halogens is 1. The number of phenolic OH excluding ortho intramolecular Hbond substituents is 1. The zero-order chi connectivity index (χ0) is 8.72. The number of hydrogen-bond acceptors (Lipinski definition) is 3. The molecule has 0 aliphatic carbocycles. The third kappa shape index (κ3) is 0.967. The third-order valence-corrected chi connectivity index (χ3v) is 1.74. The van der Waals surface area contributed by atoms with Gasteiger partial charge in [-0.3, -0.25) is 4.98 Å². The Hall–Kier alpha value is -1.42. The first-order chi connectivity index (χ1) is 5.66. The Morgan fingerprint density at radius 2 is 2.25 bits per heavy atom. The van der Waals surface area contributed by atoms with Gasteiger partial charge < -0.3 is 9.52 Å². The maximum Gasteiger partial charge on any atom is 0.417 e. The lowest BCUT2D eigenvalue weighted by Gasteiger charge is -1.92. The Morgan fingerprint density at radius 1 is 1.50 bits per heavy atom. The lowest BCUT2D eigenvalue weighted by Crippen LogP contribution is -1.92. The molecule has 0 fully saturated rings. The number of aromatic hydroxyl groups is 1. The molecule has 0 aliphatic heterocycles. The maximum atomic E-state index is 10.7. The highest BCUT2D eigenvalue weighted by atomic mass is 35.5. The molecule has 62 valence electrons. The molecule has 4 nitrogen and oxygen atoms in total. The first-order valence-electron chi connectivity index (χ1n) is 3.18. The molecule has 0 saturated carbocycles. The first kappa shape index (κ1) is 7.24. The number of aromatic nitrogens is 1. The average Bonchev–Trinajstić information content (AvgIpc) is 2.29. The predicted molar refractivity (Wildman–Crippen MR) is 43.5 cm³/mol. The molecule has 2 aromatic rings. The minimum Gasteiger partial charge on any atom is -0.508 e. The van der Waals surface area contributed by atoms with Crippen LogP contribution in [0.25, 0.3) is 11.1 Å². The fraction of sp³-hybridized carbons (Fsp3) is 0. The van der Waals surface area contributed by atoms with E-state index in [1.807, 2.05) is 0 Å². The van der Waals surface area contributed by atoms with Crippen molar-refractivity contribution >= 4 is 22.7 Å². The van der Waals surface area contributed by atoms with Crippen molar-refractivity contribution in [2.75, 3.05) is 0 Å². The van der Waals surface area contributed by atoms with Gasteiger partial charge in [-0.25, -0.2) is 4.79 Å². The van der Waals surface area contributed by atoms with Gasteiger partial charge in [-0.15, -0.1) is 0 Å². The topological polar surface area (TPSA) is 66.2 Å². The zero-order valence-electron chi connectivity index (χ0n) is 5.80. The molecule has 1 heterocycles. The normalized spacial score (nSPS) is 10.8.